The Hall–Kier alpha value is -2.12. The standard InChI is InChI=1S/2C9H10ClNO2/c2*10-7-3-1-2-6(4-7)5-8(11)9(12)13/h2*1-4,8H,5,11H2,(H,12,13)/t2*8-/m00/s1. The van der Waals surface area contributed by atoms with E-state index in [1.54, 1.807) is 48.5 Å². The minimum absolute atomic E-state index is 0.301. The quantitative estimate of drug-likeness (QED) is 0.592. The highest BCUT2D eigenvalue weighted by Crippen LogP contribution is 2.12. The summed E-state index contributed by atoms with van der Waals surface area (Å²) in [7, 11) is 0. The molecule has 6 nitrogen and oxygen atoms in total. The Labute approximate surface area is 161 Å². The van der Waals surface area contributed by atoms with Gasteiger partial charge < -0.3 is 21.7 Å². The number of benzene rings is 2. The van der Waals surface area contributed by atoms with Crippen LogP contribution in [0.3, 0.4) is 0 Å². The number of carboxylic acid groups (broad SMARTS) is 2. The second-order valence-electron chi connectivity index (χ2n) is 5.56. The second kappa shape index (κ2) is 10.8. The predicted octanol–water partition coefficient (Wildman–Crippen LogP) is 2.59. The maximum absolute atomic E-state index is 10.4. The number of hydrogen-bond acceptors (Lipinski definition) is 4. The Bertz CT molecular complexity index is 692. The molecule has 0 unspecified atom stereocenters. The van der Waals surface area contributed by atoms with E-state index in [9.17, 15) is 9.59 Å². The number of hydrogen-bond donors (Lipinski definition) is 4. The molecule has 0 heterocycles. The summed E-state index contributed by atoms with van der Waals surface area (Å²) in [6.07, 6.45) is 0.603. The maximum atomic E-state index is 10.4. The van der Waals surface area contributed by atoms with Gasteiger partial charge in [-0.25, -0.2) is 0 Å². The molecule has 0 saturated carbocycles. The molecule has 0 spiro atoms. The molecule has 0 saturated heterocycles. The van der Waals surface area contributed by atoms with Gasteiger partial charge in [-0.15, -0.1) is 0 Å². The Morgan fingerprint density at radius 3 is 1.42 bits per heavy atom. The highest BCUT2D eigenvalue weighted by atomic mass is 35.5. The molecule has 0 aliphatic rings. The van der Waals surface area contributed by atoms with Gasteiger partial charge in [0.1, 0.15) is 12.1 Å². The van der Waals surface area contributed by atoms with E-state index in [0.29, 0.717) is 22.9 Å². The van der Waals surface area contributed by atoms with Gasteiger partial charge in [-0.05, 0) is 48.2 Å². The molecule has 2 rings (SSSR count). The molecule has 0 aliphatic carbocycles. The number of halogens is 2. The van der Waals surface area contributed by atoms with Crippen LogP contribution in [0.15, 0.2) is 48.5 Å². The van der Waals surface area contributed by atoms with Crippen molar-refractivity contribution in [1.82, 2.24) is 0 Å². The predicted molar refractivity (Wildman–Crippen MR) is 102 cm³/mol. The zero-order valence-corrected chi connectivity index (χ0v) is 15.3. The molecule has 8 heteroatoms. The van der Waals surface area contributed by atoms with Crippen molar-refractivity contribution in [2.24, 2.45) is 11.5 Å². The lowest BCUT2D eigenvalue weighted by Gasteiger charge is -2.05. The van der Waals surface area contributed by atoms with E-state index in [-0.39, 0.29) is 0 Å². The minimum Gasteiger partial charge on any atom is -0.480 e. The van der Waals surface area contributed by atoms with Crippen LogP contribution in [-0.4, -0.2) is 34.2 Å². The van der Waals surface area contributed by atoms with Crippen LogP contribution in [0.4, 0.5) is 0 Å². The monoisotopic (exact) mass is 398 g/mol. The minimum atomic E-state index is -1.00. The fourth-order valence-corrected chi connectivity index (χ4v) is 2.44. The molecule has 0 radical (unpaired) electrons. The third kappa shape index (κ3) is 8.31. The molecule has 6 N–H and O–H groups in total. The summed E-state index contributed by atoms with van der Waals surface area (Å²) < 4.78 is 0. The van der Waals surface area contributed by atoms with E-state index in [1.807, 2.05) is 0 Å². The van der Waals surface area contributed by atoms with Crippen molar-refractivity contribution >= 4 is 35.1 Å². The van der Waals surface area contributed by atoms with Gasteiger partial charge in [0.25, 0.3) is 0 Å². The largest absolute Gasteiger partial charge is 0.480 e. The van der Waals surface area contributed by atoms with Crippen molar-refractivity contribution in [1.29, 1.82) is 0 Å². The molecule has 2 aromatic carbocycles. The summed E-state index contributed by atoms with van der Waals surface area (Å²) in [5.41, 5.74) is 12.4. The zero-order chi connectivity index (χ0) is 19.7. The number of aliphatic carboxylic acids is 2. The summed E-state index contributed by atoms with van der Waals surface area (Å²) in [5.74, 6) is -2.00. The smallest absolute Gasteiger partial charge is 0.320 e. The van der Waals surface area contributed by atoms with Crippen molar-refractivity contribution in [3.63, 3.8) is 0 Å². The molecule has 2 aromatic rings. The first-order valence-electron chi connectivity index (χ1n) is 7.64. The van der Waals surface area contributed by atoms with Crippen LogP contribution in [0.25, 0.3) is 0 Å². The zero-order valence-electron chi connectivity index (χ0n) is 13.8. The molecule has 2 atom stereocenters. The van der Waals surface area contributed by atoms with Gasteiger partial charge in [0.15, 0.2) is 0 Å². The molecular weight excluding hydrogens is 379 g/mol. The lowest BCUT2D eigenvalue weighted by Crippen LogP contribution is -2.32. The first-order valence-corrected chi connectivity index (χ1v) is 8.40. The Kier molecular flexibility index (Phi) is 9.09. The van der Waals surface area contributed by atoms with Gasteiger partial charge >= 0.3 is 11.9 Å². The number of carboxylic acids is 2. The van der Waals surface area contributed by atoms with Gasteiger partial charge in [-0.2, -0.15) is 0 Å². The van der Waals surface area contributed by atoms with E-state index in [1.165, 1.54) is 0 Å². The van der Waals surface area contributed by atoms with E-state index in [4.69, 9.17) is 44.9 Å². The van der Waals surface area contributed by atoms with E-state index in [0.717, 1.165) is 11.1 Å². The fraction of sp³-hybridized carbons (Fsp3) is 0.222. The number of nitrogens with two attached hydrogens (primary N) is 2. The van der Waals surface area contributed by atoms with Gasteiger partial charge in [0, 0.05) is 10.0 Å². The molecular formula is C18H20Cl2N2O4. The second-order valence-corrected chi connectivity index (χ2v) is 6.43. The van der Waals surface area contributed by atoms with Crippen molar-refractivity contribution < 1.29 is 19.8 Å². The Balaban J connectivity index is 0.000000260. The van der Waals surface area contributed by atoms with Crippen LogP contribution in [0.1, 0.15) is 11.1 Å². The van der Waals surface area contributed by atoms with Crippen molar-refractivity contribution in [3.05, 3.63) is 69.7 Å². The lowest BCUT2D eigenvalue weighted by molar-refractivity contribution is -0.139. The van der Waals surface area contributed by atoms with Gasteiger partial charge in [-0.1, -0.05) is 47.5 Å². The third-order valence-electron chi connectivity index (χ3n) is 3.32. The van der Waals surface area contributed by atoms with Gasteiger partial charge in [-0.3, -0.25) is 9.59 Å². The first-order chi connectivity index (χ1) is 12.2. The molecule has 0 bridgehead atoms. The highest BCUT2D eigenvalue weighted by molar-refractivity contribution is 6.30. The molecule has 140 valence electrons. The number of carbonyl (C=O) groups is 2. The maximum Gasteiger partial charge on any atom is 0.320 e. The summed E-state index contributed by atoms with van der Waals surface area (Å²) in [4.78, 5) is 20.9. The molecule has 0 aromatic heterocycles. The average molecular weight is 399 g/mol. The van der Waals surface area contributed by atoms with E-state index < -0.39 is 24.0 Å². The van der Waals surface area contributed by atoms with Crippen molar-refractivity contribution in [2.75, 3.05) is 0 Å². The SMILES string of the molecule is N[C@@H](Cc1cccc(Cl)c1)C(=O)O.N[C@@H](Cc1cccc(Cl)c1)C(=O)O. The van der Waals surface area contributed by atoms with Crippen LogP contribution >= 0.6 is 23.2 Å². The number of rotatable bonds is 6. The van der Waals surface area contributed by atoms with Crippen LogP contribution in [0, 0.1) is 0 Å². The molecule has 26 heavy (non-hydrogen) atoms. The van der Waals surface area contributed by atoms with E-state index >= 15 is 0 Å². The van der Waals surface area contributed by atoms with E-state index in [2.05, 4.69) is 0 Å². The molecule has 0 amide bonds. The van der Waals surface area contributed by atoms with Crippen molar-refractivity contribution in [2.45, 2.75) is 24.9 Å². The topological polar surface area (TPSA) is 127 Å². The van der Waals surface area contributed by atoms with Crippen LogP contribution in [-0.2, 0) is 22.4 Å². The first kappa shape index (κ1) is 21.9. The summed E-state index contributed by atoms with van der Waals surface area (Å²) >= 11 is 11.4. The normalized spacial score (nSPS) is 12.5. The van der Waals surface area contributed by atoms with Crippen molar-refractivity contribution in [3.8, 4) is 0 Å². The molecule has 0 fully saturated rings. The summed E-state index contributed by atoms with van der Waals surface area (Å²) in [5, 5.41) is 18.3. The van der Waals surface area contributed by atoms with Gasteiger partial charge in [0.05, 0.1) is 0 Å². The van der Waals surface area contributed by atoms with Crippen LogP contribution < -0.4 is 11.5 Å². The summed E-state index contributed by atoms with van der Waals surface area (Å²) in [6, 6.07) is 12.3. The highest BCUT2D eigenvalue weighted by Gasteiger charge is 2.12. The van der Waals surface area contributed by atoms with Gasteiger partial charge in [0.2, 0.25) is 0 Å². The third-order valence-corrected chi connectivity index (χ3v) is 3.79. The Morgan fingerprint density at radius 2 is 1.15 bits per heavy atom. The fourth-order valence-electron chi connectivity index (χ4n) is 2.01. The lowest BCUT2D eigenvalue weighted by atomic mass is 10.1. The Morgan fingerprint density at radius 1 is 0.808 bits per heavy atom. The van der Waals surface area contributed by atoms with Crippen LogP contribution in [0.2, 0.25) is 10.0 Å². The summed E-state index contributed by atoms with van der Waals surface area (Å²) in [6.45, 7) is 0. The van der Waals surface area contributed by atoms with Crippen LogP contribution in [0.5, 0.6) is 0 Å². The average Bonchev–Trinajstić information content (AvgIpc) is 2.55. The molecule has 0 aliphatic heterocycles.